The minimum atomic E-state index is -0.962. The summed E-state index contributed by atoms with van der Waals surface area (Å²) >= 11 is 0. The fourth-order valence-electron chi connectivity index (χ4n) is 0.930. The van der Waals surface area contributed by atoms with Gasteiger partial charge in [0, 0.05) is 0 Å². The van der Waals surface area contributed by atoms with E-state index in [0.29, 0.717) is 0 Å². The molecule has 0 bridgehead atoms. The highest BCUT2D eigenvalue weighted by Crippen LogP contribution is 2.14. The minimum absolute atomic E-state index is 0.106. The van der Waals surface area contributed by atoms with E-state index in [1.54, 1.807) is 6.92 Å². The zero-order valence-electron chi connectivity index (χ0n) is 5.65. The van der Waals surface area contributed by atoms with E-state index in [0.717, 1.165) is 0 Å². The van der Waals surface area contributed by atoms with Gasteiger partial charge in [0.1, 0.15) is 12.2 Å². The summed E-state index contributed by atoms with van der Waals surface area (Å²) in [5.41, 5.74) is 0. The van der Waals surface area contributed by atoms with E-state index >= 15 is 0 Å². The second-order valence-corrected chi connectivity index (χ2v) is 2.46. The van der Waals surface area contributed by atoms with Crippen molar-refractivity contribution in [3.05, 3.63) is 0 Å². The molecule has 4 heteroatoms. The lowest BCUT2D eigenvalue weighted by Gasteiger charge is -2.28. The molecule has 0 aliphatic carbocycles. The topological polar surface area (TPSA) is 66.8 Å². The lowest BCUT2D eigenvalue weighted by molar-refractivity contribution is -0.175. The molecule has 0 aromatic heterocycles. The molecule has 1 aliphatic heterocycles. The molecule has 58 valence electrons. The van der Waals surface area contributed by atoms with Crippen LogP contribution in [-0.2, 0) is 9.53 Å². The van der Waals surface area contributed by atoms with Crippen molar-refractivity contribution in [1.29, 1.82) is 0 Å². The second-order valence-electron chi connectivity index (χ2n) is 2.46. The molecule has 1 rings (SSSR count). The molecule has 0 aromatic carbocycles. The number of hydrogen-bond acceptors (Lipinski definition) is 4. The van der Waals surface area contributed by atoms with Crippen LogP contribution in [0.15, 0.2) is 0 Å². The zero-order chi connectivity index (χ0) is 7.72. The van der Waals surface area contributed by atoms with Gasteiger partial charge in [0.05, 0.1) is 12.5 Å². The molecule has 1 saturated heterocycles. The highest BCUT2D eigenvalue weighted by molar-refractivity contribution is 5.71. The number of hydrogen-bond donors (Lipinski definition) is 2. The van der Waals surface area contributed by atoms with Crippen LogP contribution in [0.1, 0.15) is 13.3 Å². The Morgan fingerprint density at radius 1 is 1.60 bits per heavy atom. The monoisotopic (exact) mass is 146 g/mol. The predicted molar refractivity (Wildman–Crippen MR) is 32.2 cm³/mol. The fourth-order valence-corrected chi connectivity index (χ4v) is 0.930. The molecule has 4 nitrogen and oxygen atoms in total. The normalized spacial score (nSPS) is 41.1. The molecule has 0 spiro atoms. The smallest absolute Gasteiger partial charge is 0.308 e. The Morgan fingerprint density at radius 2 is 2.20 bits per heavy atom. The maximum Gasteiger partial charge on any atom is 0.308 e. The molecule has 0 unspecified atom stereocenters. The number of esters is 1. The van der Waals surface area contributed by atoms with Gasteiger partial charge in [0.2, 0.25) is 0 Å². The van der Waals surface area contributed by atoms with Crippen molar-refractivity contribution in [2.45, 2.75) is 31.7 Å². The van der Waals surface area contributed by atoms with Crippen molar-refractivity contribution < 1.29 is 19.7 Å². The molecule has 3 atom stereocenters. The van der Waals surface area contributed by atoms with Gasteiger partial charge in [0.25, 0.3) is 0 Å². The molecule has 0 saturated carbocycles. The number of rotatable bonds is 0. The van der Waals surface area contributed by atoms with Gasteiger partial charge in [-0.25, -0.2) is 0 Å². The third kappa shape index (κ3) is 1.27. The van der Waals surface area contributed by atoms with Crippen molar-refractivity contribution in [3.63, 3.8) is 0 Å². The number of aliphatic hydroxyl groups is 2. The average molecular weight is 146 g/mol. The van der Waals surface area contributed by atoms with Gasteiger partial charge in [-0.2, -0.15) is 0 Å². The van der Waals surface area contributed by atoms with Gasteiger partial charge < -0.3 is 14.9 Å². The molecular formula is C6H10O4. The Kier molecular flexibility index (Phi) is 1.92. The molecule has 0 amide bonds. The summed E-state index contributed by atoms with van der Waals surface area (Å²) in [5.74, 6) is -0.453. The third-order valence-corrected chi connectivity index (χ3v) is 1.57. The van der Waals surface area contributed by atoms with E-state index in [-0.39, 0.29) is 6.42 Å². The maximum atomic E-state index is 10.5. The van der Waals surface area contributed by atoms with Crippen molar-refractivity contribution in [3.8, 4) is 0 Å². The van der Waals surface area contributed by atoms with E-state index in [9.17, 15) is 4.79 Å². The summed E-state index contributed by atoms with van der Waals surface area (Å²) in [4.78, 5) is 10.5. The van der Waals surface area contributed by atoms with Crippen LogP contribution in [0.5, 0.6) is 0 Å². The lowest BCUT2D eigenvalue weighted by Crippen LogP contribution is -2.44. The molecule has 1 heterocycles. The van der Waals surface area contributed by atoms with Crippen LogP contribution in [0.4, 0.5) is 0 Å². The first kappa shape index (κ1) is 7.50. The quantitative estimate of drug-likeness (QED) is 0.432. The van der Waals surface area contributed by atoms with Crippen LogP contribution < -0.4 is 0 Å². The van der Waals surface area contributed by atoms with Gasteiger partial charge in [-0.05, 0) is 6.92 Å². The number of cyclic esters (lactones) is 1. The summed E-state index contributed by atoms with van der Waals surface area (Å²) < 4.78 is 4.62. The number of aliphatic hydroxyl groups excluding tert-OH is 2. The molecule has 0 aromatic rings. The van der Waals surface area contributed by atoms with Gasteiger partial charge in [0.15, 0.2) is 0 Å². The number of carbonyl (C=O) groups is 1. The largest absolute Gasteiger partial charge is 0.460 e. The van der Waals surface area contributed by atoms with Crippen LogP contribution >= 0.6 is 0 Å². The Labute approximate surface area is 58.4 Å². The van der Waals surface area contributed by atoms with Crippen LogP contribution in [0.25, 0.3) is 0 Å². The highest BCUT2D eigenvalue weighted by atomic mass is 16.6. The Morgan fingerprint density at radius 3 is 2.70 bits per heavy atom. The standard InChI is InChI=1S/C6H10O4/c1-3-6(9)4(7)2-5(8)10-3/h3-4,6-7,9H,2H2,1H3/t3-,4-,6+/m1/s1. The molecule has 10 heavy (non-hydrogen) atoms. The number of ether oxygens (including phenoxy) is 1. The maximum absolute atomic E-state index is 10.5. The first-order chi connectivity index (χ1) is 4.61. The molecule has 1 fully saturated rings. The van der Waals surface area contributed by atoms with Crippen LogP contribution in [0.3, 0.4) is 0 Å². The average Bonchev–Trinajstić information content (AvgIpc) is 1.82. The van der Waals surface area contributed by atoms with E-state index in [1.807, 2.05) is 0 Å². The van der Waals surface area contributed by atoms with Crippen molar-refractivity contribution in [2.24, 2.45) is 0 Å². The van der Waals surface area contributed by atoms with Crippen molar-refractivity contribution in [1.82, 2.24) is 0 Å². The first-order valence-corrected chi connectivity index (χ1v) is 3.17. The minimum Gasteiger partial charge on any atom is -0.460 e. The second kappa shape index (κ2) is 2.56. The van der Waals surface area contributed by atoms with Crippen molar-refractivity contribution >= 4 is 5.97 Å². The molecular weight excluding hydrogens is 136 g/mol. The highest BCUT2D eigenvalue weighted by Gasteiger charge is 2.33. The van der Waals surface area contributed by atoms with Crippen LogP contribution in [0.2, 0.25) is 0 Å². The first-order valence-electron chi connectivity index (χ1n) is 3.17. The zero-order valence-corrected chi connectivity index (χ0v) is 5.65. The van der Waals surface area contributed by atoms with Crippen LogP contribution in [0, 0.1) is 0 Å². The van der Waals surface area contributed by atoms with Gasteiger partial charge >= 0.3 is 5.97 Å². The molecule has 0 radical (unpaired) electrons. The van der Waals surface area contributed by atoms with Crippen LogP contribution in [-0.4, -0.2) is 34.5 Å². The summed E-state index contributed by atoms with van der Waals surface area (Å²) in [7, 11) is 0. The Bertz CT molecular complexity index is 131. The van der Waals surface area contributed by atoms with E-state index in [4.69, 9.17) is 10.2 Å². The van der Waals surface area contributed by atoms with Gasteiger partial charge in [-0.1, -0.05) is 0 Å². The fraction of sp³-hybridized carbons (Fsp3) is 0.833. The third-order valence-electron chi connectivity index (χ3n) is 1.57. The van der Waals surface area contributed by atoms with E-state index < -0.39 is 24.3 Å². The Hall–Kier alpha value is -0.610. The van der Waals surface area contributed by atoms with Crippen molar-refractivity contribution in [2.75, 3.05) is 0 Å². The summed E-state index contributed by atoms with van der Waals surface area (Å²) in [6, 6.07) is 0. The SMILES string of the molecule is C[C@H]1OC(=O)C[C@@H](O)[C@H]1O. The lowest BCUT2D eigenvalue weighted by atomic mass is 10.0. The predicted octanol–water partition coefficient (Wildman–Crippen LogP) is -0.956. The van der Waals surface area contributed by atoms with Gasteiger partial charge in [-0.3, -0.25) is 4.79 Å². The summed E-state index contributed by atoms with van der Waals surface area (Å²) in [6.07, 6.45) is -2.59. The summed E-state index contributed by atoms with van der Waals surface area (Å²) in [5, 5.41) is 18.0. The Balaban J connectivity index is 2.57. The van der Waals surface area contributed by atoms with E-state index in [2.05, 4.69) is 4.74 Å². The summed E-state index contributed by atoms with van der Waals surface area (Å²) in [6.45, 7) is 1.55. The van der Waals surface area contributed by atoms with Gasteiger partial charge in [-0.15, -0.1) is 0 Å². The molecule has 2 N–H and O–H groups in total. The van der Waals surface area contributed by atoms with E-state index in [1.165, 1.54) is 0 Å². The number of carbonyl (C=O) groups excluding carboxylic acids is 1. The molecule has 1 aliphatic rings.